The molecular weight excluding hydrogens is 426 g/mol. The molecule has 1 atom stereocenters. The molecule has 4 nitrogen and oxygen atoms in total. The predicted octanol–water partition coefficient (Wildman–Crippen LogP) is 3.87. The van der Waals surface area contributed by atoms with Crippen molar-refractivity contribution in [2.24, 2.45) is 0 Å². The molecule has 0 bridgehead atoms. The molecule has 26 heavy (non-hydrogen) atoms. The number of hydrogen-bond donors (Lipinski definition) is 0. The minimum absolute atomic E-state index is 0.191. The van der Waals surface area contributed by atoms with Gasteiger partial charge in [0, 0.05) is 0 Å². The number of anilines is 1. The summed E-state index contributed by atoms with van der Waals surface area (Å²) in [6.45, 7) is 4.43. The van der Waals surface area contributed by atoms with Crippen molar-refractivity contribution in [3.8, 4) is 5.97 Å². The molecule has 1 saturated carbocycles. The molecule has 4 rings (SSSR count). The van der Waals surface area contributed by atoms with Crippen molar-refractivity contribution in [3.63, 3.8) is 0 Å². The summed E-state index contributed by atoms with van der Waals surface area (Å²) in [5, 5.41) is 9.93. The van der Waals surface area contributed by atoms with Gasteiger partial charge in [-0.05, 0) is 0 Å². The number of pyridine rings is 2. The van der Waals surface area contributed by atoms with Gasteiger partial charge in [-0.15, -0.1) is 0 Å². The van der Waals surface area contributed by atoms with Gasteiger partial charge in [-0.3, -0.25) is 0 Å². The van der Waals surface area contributed by atoms with E-state index in [9.17, 15) is 5.26 Å². The van der Waals surface area contributed by atoms with Crippen LogP contribution in [-0.2, 0) is 0 Å². The molecule has 1 unspecified atom stereocenters. The summed E-state index contributed by atoms with van der Waals surface area (Å²) < 4.78 is 1.30. The average Bonchev–Trinajstić information content (AvgIpc) is 3.16. The SMILES string of the molecule is CC1(B(C#N)C2CCN(c3ccc4n[c]([Sn]([CH3])([CH3])[CH3])ccc4n3)C2)CC1. The number of hydrogen-bond acceptors (Lipinski definition) is 4. The normalized spacial score (nSPS) is 21.7. The molecule has 0 N–H and O–H groups in total. The summed E-state index contributed by atoms with van der Waals surface area (Å²) in [5.41, 5.74) is 1.99. The van der Waals surface area contributed by atoms with Gasteiger partial charge in [0.25, 0.3) is 0 Å². The Morgan fingerprint density at radius 2 is 1.85 bits per heavy atom. The number of fused-ring (bicyclic) bond motifs is 1. The van der Waals surface area contributed by atoms with Crippen LogP contribution in [0.25, 0.3) is 11.0 Å². The fourth-order valence-corrected chi connectivity index (χ4v) is 7.16. The number of aromatic nitrogens is 2. The Balaban J connectivity index is 1.55. The van der Waals surface area contributed by atoms with E-state index >= 15 is 0 Å². The molecule has 0 aromatic carbocycles. The number of rotatable bonds is 4. The van der Waals surface area contributed by atoms with E-state index in [0.717, 1.165) is 36.4 Å². The second-order valence-corrected chi connectivity index (χ2v) is 23.7. The third kappa shape index (κ3) is 3.33. The molecule has 2 aliphatic rings. The second-order valence-electron chi connectivity index (χ2n) is 9.41. The van der Waals surface area contributed by atoms with Crippen LogP contribution in [-0.4, -0.2) is 48.1 Å². The van der Waals surface area contributed by atoms with Gasteiger partial charge in [-0.1, -0.05) is 0 Å². The fraction of sp³-hybridized carbons (Fsp3) is 0.550. The van der Waals surface area contributed by atoms with Crippen LogP contribution >= 0.6 is 0 Å². The zero-order valence-electron chi connectivity index (χ0n) is 16.3. The van der Waals surface area contributed by atoms with E-state index < -0.39 is 18.4 Å². The zero-order valence-corrected chi connectivity index (χ0v) is 19.1. The van der Waals surface area contributed by atoms with Gasteiger partial charge >= 0.3 is 161 Å². The van der Waals surface area contributed by atoms with Crippen molar-refractivity contribution in [2.75, 3.05) is 18.0 Å². The van der Waals surface area contributed by atoms with E-state index in [1.165, 1.54) is 16.6 Å². The summed E-state index contributed by atoms with van der Waals surface area (Å²) in [7, 11) is 0. The van der Waals surface area contributed by atoms with Crippen LogP contribution < -0.4 is 8.61 Å². The van der Waals surface area contributed by atoms with Gasteiger partial charge in [0.1, 0.15) is 0 Å². The monoisotopic (exact) mass is 454 g/mol. The minimum atomic E-state index is -2.15. The first-order chi connectivity index (χ1) is 12.3. The van der Waals surface area contributed by atoms with Crippen LogP contribution in [0.4, 0.5) is 5.82 Å². The van der Waals surface area contributed by atoms with E-state index in [-0.39, 0.29) is 12.0 Å². The Morgan fingerprint density at radius 1 is 1.15 bits per heavy atom. The molecule has 2 aromatic rings. The molecule has 2 fully saturated rings. The first kappa shape index (κ1) is 18.1. The molecule has 0 radical (unpaired) electrons. The van der Waals surface area contributed by atoms with Crippen molar-refractivity contribution >= 4 is 45.7 Å². The summed E-state index contributed by atoms with van der Waals surface area (Å²) >= 11 is -2.15. The van der Waals surface area contributed by atoms with Gasteiger partial charge in [0.2, 0.25) is 0 Å². The molecule has 0 amide bonds. The van der Waals surface area contributed by atoms with E-state index in [0.29, 0.717) is 5.82 Å². The van der Waals surface area contributed by atoms with E-state index in [1.807, 2.05) is 0 Å². The Labute approximate surface area is 161 Å². The Hall–Kier alpha value is -1.29. The van der Waals surface area contributed by atoms with Crippen molar-refractivity contribution in [2.45, 2.75) is 52.1 Å². The average molecular weight is 453 g/mol. The summed E-state index contributed by atoms with van der Waals surface area (Å²) in [6.07, 6.45) is 3.52. The first-order valence-electron chi connectivity index (χ1n) is 9.73. The number of nitriles is 1. The Bertz CT molecular complexity index is 881. The van der Waals surface area contributed by atoms with Crippen LogP contribution in [0, 0.1) is 11.2 Å². The summed E-state index contributed by atoms with van der Waals surface area (Å²) in [4.78, 5) is 19.3. The van der Waals surface area contributed by atoms with Gasteiger partial charge < -0.3 is 0 Å². The van der Waals surface area contributed by atoms with E-state index in [2.05, 4.69) is 56.9 Å². The molecule has 1 saturated heterocycles. The van der Waals surface area contributed by atoms with E-state index in [4.69, 9.17) is 9.97 Å². The first-order valence-corrected chi connectivity index (χ1v) is 19.7. The summed E-state index contributed by atoms with van der Waals surface area (Å²) in [5.74, 6) is 4.12. The van der Waals surface area contributed by atoms with Gasteiger partial charge in [0.15, 0.2) is 0 Å². The van der Waals surface area contributed by atoms with Crippen molar-refractivity contribution in [1.29, 1.82) is 5.26 Å². The standard InChI is InChI=1S/C17H18BN4.3CH3.Sn/c1-17(7-8-17)18(12-19)13-6-10-22(11-13)16-5-4-14-15(21-16)3-2-9-20-14;;;;/h2-5,13H,6-8,10-11H2,1H3;3*1H3;. The maximum absolute atomic E-state index is 9.66. The predicted molar refractivity (Wildman–Crippen MR) is 112 cm³/mol. The van der Waals surface area contributed by atoms with Crippen LogP contribution in [0.2, 0.25) is 26.0 Å². The third-order valence-electron chi connectivity index (χ3n) is 6.24. The van der Waals surface area contributed by atoms with Crippen molar-refractivity contribution < 1.29 is 0 Å². The van der Waals surface area contributed by atoms with Crippen molar-refractivity contribution in [3.05, 3.63) is 24.3 Å². The fourth-order valence-electron chi connectivity index (χ4n) is 4.20. The third-order valence-corrected chi connectivity index (χ3v) is 11.4. The van der Waals surface area contributed by atoms with Crippen molar-refractivity contribution in [1.82, 2.24) is 9.97 Å². The Morgan fingerprint density at radius 3 is 2.50 bits per heavy atom. The molecule has 6 heteroatoms. The van der Waals surface area contributed by atoms with Gasteiger partial charge in [-0.2, -0.15) is 0 Å². The molecule has 1 aliphatic heterocycles. The molecule has 3 heterocycles. The van der Waals surface area contributed by atoms with Crippen LogP contribution in [0.15, 0.2) is 24.3 Å². The quantitative estimate of drug-likeness (QED) is 0.661. The van der Waals surface area contributed by atoms with Crippen LogP contribution in [0.1, 0.15) is 26.2 Å². The second kappa shape index (κ2) is 6.40. The zero-order chi connectivity index (χ0) is 18.5. The molecule has 0 spiro atoms. The van der Waals surface area contributed by atoms with Gasteiger partial charge in [0.05, 0.1) is 0 Å². The van der Waals surface area contributed by atoms with Crippen LogP contribution in [0.3, 0.4) is 0 Å². The molecular formula is C20H27BN4Sn. The topological polar surface area (TPSA) is 52.8 Å². The van der Waals surface area contributed by atoms with E-state index in [1.54, 1.807) is 0 Å². The van der Waals surface area contributed by atoms with Crippen LogP contribution in [0.5, 0.6) is 0 Å². The Kier molecular flexibility index (Phi) is 4.46. The number of nitrogens with zero attached hydrogens (tertiary/aromatic N) is 4. The van der Waals surface area contributed by atoms with Gasteiger partial charge in [-0.25, -0.2) is 0 Å². The molecule has 2 aromatic heterocycles. The molecule has 1 aliphatic carbocycles. The molecule has 134 valence electrons. The maximum atomic E-state index is 9.66. The summed E-state index contributed by atoms with van der Waals surface area (Å²) in [6, 6.07) is 8.55.